The molecule has 0 radical (unpaired) electrons. The summed E-state index contributed by atoms with van der Waals surface area (Å²) < 4.78 is 59.6. The first-order valence-electron chi connectivity index (χ1n) is 18.4. The van der Waals surface area contributed by atoms with Gasteiger partial charge in [-0.05, 0) is 60.8 Å². The van der Waals surface area contributed by atoms with Gasteiger partial charge in [0.05, 0.1) is 73.7 Å². The Morgan fingerprint density at radius 2 is 0.944 bits per heavy atom. The minimum Gasteiger partial charge on any atom is -0.379 e. The highest BCUT2D eigenvalue weighted by Crippen LogP contribution is 2.48. The lowest BCUT2D eigenvalue weighted by atomic mass is 10.1. The molecule has 2 N–H and O–H groups in total. The second-order valence-corrected chi connectivity index (χ2v) is 19.4. The minimum absolute atomic E-state index is 0.0400. The quantitative estimate of drug-likeness (QED) is 0.0381. The summed E-state index contributed by atoms with van der Waals surface area (Å²) in [6.45, 7) is 11.8. The van der Waals surface area contributed by atoms with Crippen molar-refractivity contribution >= 4 is 62.3 Å². The Morgan fingerprint density at radius 1 is 0.556 bits per heavy atom. The average molecular weight is 849 g/mol. The number of carbonyl (C=O) groups excluding carboxylic acids is 4. The maximum Gasteiger partial charge on any atom is 0.472 e. The van der Waals surface area contributed by atoms with Crippen molar-refractivity contribution in [3.8, 4) is 0 Å². The molecule has 0 spiro atoms. The van der Waals surface area contributed by atoms with E-state index in [0.29, 0.717) is 79.8 Å². The zero-order valence-corrected chi connectivity index (χ0v) is 36.2. The summed E-state index contributed by atoms with van der Waals surface area (Å²) in [5.41, 5.74) is -1.59. The third-order valence-corrected chi connectivity index (χ3v) is 11.9. The number of carbonyl (C=O) groups is 4. The van der Waals surface area contributed by atoms with E-state index in [4.69, 9.17) is 32.3 Å². The van der Waals surface area contributed by atoms with Crippen molar-refractivity contribution in [2.45, 2.75) is 123 Å². The molecule has 0 aromatic rings. The maximum absolute atomic E-state index is 12.4. The predicted molar refractivity (Wildman–Crippen MR) is 208 cm³/mol. The van der Waals surface area contributed by atoms with Crippen LogP contribution in [0.2, 0.25) is 0 Å². The van der Waals surface area contributed by atoms with E-state index < -0.39 is 26.8 Å². The monoisotopic (exact) mass is 848 g/mol. The summed E-state index contributed by atoms with van der Waals surface area (Å²) in [4.78, 5) is 69.7. The standard InChI is InChI=1S/C35H62O15P2S2/c1-34(2,3)49-51(40,41)47-18-11-9-7-8-10-13-28(36)15-25-53-32-30(38)27-31(39)33(32)54-26-16-29(37)14-12-17-44-19-20-45-21-22-46-23-24-48-52(42,43)50-35(4,5)6/h7-27H2,1-6H3,(H,40,41)(H,42,43). The number of ether oxygens (including phenoxy) is 3. The zero-order chi connectivity index (χ0) is 40.7. The topological polar surface area (TPSA) is 207 Å². The van der Waals surface area contributed by atoms with Gasteiger partial charge in [-0.2, -0.15) is 0 Å². The van der Waals surface area contributed by atoms with Gasteiger partial charge in [-0.1, -0.05) is 19.3 Å². The third-order valence-electron chi connectivity index (χ3n) is 6.89. The Balaban J connectivity index is 2.11. The maximum atomic E-state index is 12.4. The highest BCUT2D eigenvalue weighted by molar-refractivity contribution is 8.08. The Morgan fingerprint density at radius 3 is 1.43 bits per heavy atom. The number of unbranched alkanes of at least 4 members (excludes halogenated alkanes) is 4. The number of phosphoric acid groups is 2. The lowest BCUT2D eigenvalue weighted by Gasteiger charge is -2.22. The largest absolute Gasteiger partial charge is 0.472 e. The van der Waals surface area contributed by atoms with Gasteiger partial charge in [0.25, 0.3) is 0 Å². The molecule has 0 aromatic heterocycles. The van der Waals surface area contributed by atoms with Crippen LogP contribution in [0.5, 0.6) is 0 Å². The molecule has 0 aliphatic heterocycles. The van der Waals surface area contributed by atoms with E-state index in [-0.39, 0.29) is 62.4 Å². The lowest BCUT2D eigenvalue weighted by Crippen LogP contribution is -2.19. The van der Waals surface area contributed by atoms with Crippen molar-refractivity contribution < 1.29 is 70.4 Å². The van der Waals surface area contributed by atoms with Gasteiger partial charge in [0.2, 0.25) is 0 Å². The van der Waals surface area contributed by atoms with E-state index in [1.165, 1.54) is 23.5 Å². The molecule has 314 valence electrons. The molecule has 0 bridgehead atoms. The SMILES string of the molecule is CC(C)(C)OP(=O)(O)OCCCCCCCC(=O)CCSC1=C(SCCC(=O)CCCOCCOCCOCCOP(=O)(O)OC(C)(C)C)C(=O)CC1=O. The van der Waals surface area contributed by atoms with Crippen LogP contribution in [0.15, 0.2) is 9.81 Å². The Labute approximate surface area is 329 Å². The van der Waals surface area contributed by atoms with Crippen molar-refractivity contribution in [3.05, 3.63) is 9.81 Å². The molecule has 1 aliphatic rings. The average Bonchev–Trinajstić information content (AvgIpc) is 3.29. The van der Waals surface area contributed by atoms with Crippen molar-refractivity contribution in [1.29, 1.82) is 0 Å². The number of hydrogen-bond donors (Lipinski definition) is 2. The number of thioether (sulfide) groups is 2. The van der Waals surface area contributed by atoms with Gasteiger partial charge >= 0.3 is 15.6 Å². The molecular formula is C35H62O15P2S2. The highest BCUT2D eigenvalue weighted by Gasteiger charge is 2.32. The number of Topliss-reactive ketones (excluding diaryl/α,β-unsaturated/α-hetero) is 4. The summed E-state index contributed by atoms with van der Waals surface area (Å²) in [7, 11) is -8.20. The Kier molecular flexibility index (Phi) is 25.6. The van der Waals surface area contributed by atoms with Crippen LogP contribution in [0.25, 0.3) is 0 Å². The van der Waals surface area contributed by atoms with Gasteiger partial charge in [0, 0.05) is 43.8 Å². The van der Waals surface area contributed by atoms with Crippen LogP contribution in [-0.4, -0.2) is 108 Å². The fraction of sp³-hybridized carbons (Fsp3) is 0.829. The molecule has 2 atom stereocenters. The first-order valence-corrected chi connectivity index (χ1v) is 23.3. The fourth-order valence-corrected chi connectivity index (χ4v) is 9.17. The van der Waals surface area contributed by atoms with E-state index in [1.54, 1.807) is 41.5 Å². The smallest absolute Gasteiger partial charge is 0.379 e. The third kappa shape index (κ3) is 27.8. The fourth-order valence-electron chi connectivity index (χ4n) is 4.64. The van der Waals surface area contributed by atoms with Gasteiger partial charge in [-0.15, -0.1) is 23.5 Å². The molecular weight excluding hydrogens is 786 g/mol. The van der Waals surface area contributed by atoms with Gasteiger partial charge in [0.1, 0.15) is 11.6 Å². The van der Waals surface area contributed by atoms with E-state index in [1.807, 2.05) is 0 Å². The van der Waals surface area contributed by atoms with Crippen LogP contribution in [0.1, 0.15) is 112 Å². The molecule has 0 aromatic carbocycles. The van der Waals surface area contributed by atoms with Crippen molar-refractivity contribution in [2.75, 3.05) is 64.4 Å². The first kappa shape index (κ1) is 51.2. The molecule has 0 saturated carbocycles. The zero-order valence-electron chi connectivity index (χ0n) is 32.8. The van der Waals surface area contributed by atoms with Gasteiger partial charge in [-0.3, -0.25) is 37.3 Å². The minimum atomic E-state index is -4.13. The van der Waals surface area contributed by atoms with Crippen molar-refractivity contribution in [2.24, 2.45) is 0 Å². The highest BCUT2D eigenvalue weighted by atomic mass is 32.2. The van der Waals surface area contributed by atoms with Crippen molar-refractivity contribution in [1.82, 2.24) is 0 Å². The Bertz CT molecular complexity index is 1290. The van der Waals surface area contributed by atoms with E-state index in [2.05, 4.69) is 0 Å². The molecule has 15 nitrogen and oxygen atoms in total. The second-order valence-electron chi connectivity index (χ2n) is 14.4. The van der Waals surface area contributed by atoms with Crippen LogP contribution >= 0.6 is 39.2 Å². The predicted octanol–water partition coefficient (Wildman–Crippen LogP) is 7.16. The summed E-state index contributed by atoms with van der Waals surface area (Å²) >= 11 is 2.46. The second kappa shape index (κ2) is 27.0. The molecule has 0 saturated heterocycles. The first-order chi connectivity index (χ1) is 25.2. The Hall–Kier alpha value is -0.780. The summed E-state index contributed by atoms with van der Waals surface area (Å²) in [6.07, 6.45) is 5.55. The lowest BCUT2D eigenvalue weighted by molar-refractivity contribution is -0.121. The molecule has 1 aliphatic carbocycles. The molecule has 0 amide bonds. The van der Waals surface area contributed by atoms with Gasteiger partial charge in [-0.25, -0.2) is 9.13 Å². The number of hydrogen-bond acceptors (Lipinski definition) is 15. The molecule has 19 heteroatoms. The van der Waals surface area contributed by atoms with Crippen LogP contribution in [0, 0.1) is 0 Å². The number of phosphoric ester groups is 2. The summed E-state index contributed by atoms with van der Waals surface area (Å²) in [5.74, 6) is 0.451. The molecule has 1 rings (SSSR count). The van der Waals surface area contributed by atoms with Crippen LogP contribution < -0.4 is 0 Å². The van der Waals surface area contributed by atoms with Gasteiger partial charge in [0.15, 0.2) is 11.6 Å². The summed E-state index contributed by atoms with van der Waals surface area (Å²) in [6, 6.07) is 0. The van der Waals surface area contributed by atoms with E-state index in [9.17, 15) is 38.1 Å². The molecule has 54 heavy (non-hydrogen) atoms. The molecule has 0 fully saturated rings. The van der Waals surface area contributed by atoms with E-state index in [0.717, 1.165) is 25.7 Å². The number of allylic oxidation sites excluding steroid dienone is 2. The molecule has 0 heterocycles. The van der Waals surface area contributed by atoms with E-state index >= 15 is 0 Å². The normalized spacial score (nSPS) is 16.2. The van der Waals surface area contributed by atoms with Crippen molar-refractivity contribution in [3.63, 3.8) is 0 Å². The van der Waals surface area contributed by atoms with Crippen LogP contribution in [0.3, 0.4) is 0 Å². The number of rotatable bonds is 33. The summed E-state index contributed by atoms with van der Waals surface area (Å²) in [5, 5.41) is 0. The molecule has 2 unspecified atom stereocenters. The van der Waals surface area contributed by atoms with Crippen LogP contribution in [-0.2, 0) is 60.6 Å². The van der Waals surface area contributed by atoms with Gasteiger partial charge < -0.3 is 24.0 Å². The van der Waals surface area contributed by atoms with Crippen LogP contribution in [0.4, 0.5) is 0 Å². The number of ketones is 4.